The molecule has 1 unspecified atom stereocenters. The summed E-state index contributed by atoms with van der Waals surface area (Å²) in [4.78, 5) is 17.9. The second-order valence-corrected chi connectivity index (χ2v) is 5.79. The Morgan fingerprint density at radius 3 is 2.59 bits per heavy atom. The van der Waals surface area contributed by atoms with E-state index in [-0.39, 0.29) is 6.54 Å². The summed E-state index contributed by atoms with van der Waals surface area (Å²) in [7, 11) is 1.81. The Morgan fingerprint density at radius 2 is 1.91 bits per heavy atom. The Kier molecular flexibility index (Phi) is 3.72. The zero-order chi connectivity index (χ0) is 15.7. The second-order valence-electron chi connectivity index (χ2n) is 5.36. The number of fused-ring (bicyclic) bond motifs is 1. The highest BCUT2D eigenvalue weighted by Crippen LogP contribution is 2.29. The van der Waals surface area contributed by atoms with E-state index in [1.165, 1.54) is 0 Å². The Hall–Kier alpha value is -2.17. The monoisotopic (exact) mass is 313 g/mol. The van der Waals surface area contributed by atoms with Gasteiger partial charge in [0.05, 0.1) is 12.3 Å². The maximum atomic E-state index is 11.5. The molecule has 0 aliphatic carbocycles. The lowest BCUT2D eigenvalue weighted by Crippen LogP contribution is -2.58. The fraction of sp³-hybridized carbons (Fsp3) is 0.176. The van der Waals surface area contributed by atoms with E-state index in [0.29, 0.717) is 5.02 Å². The fourth-order valence-electron chi connectivity index (χ4n) is 2.56. The minimum Gasteiger partial charge on any atom is -0.348 e. The van der Waals surface area contributed by atoms with Crippen molar-refractivity contribution in [1.29, 1.82) is 0 Å². The maximum Gasteiger partial charge on any atom is 0.165 e. The summed E-state index contributed by atoms with van der Waals surface area (Å²) in [6, 6.07) is 15.3. The first-order valence-corrected chi connectivity index (χ1v) is 7.32. The quantitative estimate of drug-likeness (QED) is 0.867. The molecule has 0 aromatic heterocycles. The van der Waals surface area contributed by atoms with Crippen LogP contribution in [0.5, 0.6) is 0 Å². The van der Waals surface area contributed by atoms with Crippen LogP contribution in [0, 0.1) is 0 Å². The summed E-state index contributed by atoms with van der Waals surface area (Å²) in [5.74, 6) is 0. The number of aliphatic imine (C=N–C) groups is 1. The number of likely N-dealkylation sites (N-methyl/N-ethyl adjacent to an activating group) is 1. The number of nitrogens with two attached hydrogens (primary N) is 1. The van der Waals surface area contributed by atoms with Crippen LogP contribution in [0.4, 0.5) is 5.69 Å². The van der Waals surface area contributed by atoms with Crippen LogP contribution in [-0.2, 0) is 4.79 Å². The molecule has 0 fully saturated rings. The Bertz CT molecular complexity index is 742. The highest BCUT2D eigenvalue weighted by Gasteiger charge is 2.34. The third-order valence-electron chi connectivity index (χ3n) is 3.96. The fourth-order valence-corrected chi connectivity index (χ4v) is 2.68. The van der Waals surface area contributed by atoms with Crippen LogP contribution in [0.15, 0.2) is 53.5 Å². The summed E-state index contributed by atoms with van der Waals surface area (Å²) < 4.78 is 0. The van der Waals surface area contributed by atoms with Crippen LogP contribution in [-0.4, -0.2) is 31.3 Å². The highest BCUT2D eigenvalue weighted by molar-refractivity contribution is 6.30. The molecule has 3 rings (SSSR count). The normalized spacial score (nSPS) is 20.9. The summed E-state index contributed by atoms with van der Waals surface area (Å²) >= 11 is 5.96. The minimum absolute atomic E-state index is 0.194. The lowest BCUT2D eigenvalue weighted by Gasteiger charge is -2.33. The van der Waals surface area contributed by atoms with Crippen molar-refractivity contribution < 1.29 is 4.79 Å². The minimum atomic E-state index is -1.15. The van der Waals surface area contributed by atoms with Crippen LogP contribution >= 0.6 is 11.6 Å². The Morgan fingerprint density at radius 1 is 1.23 bits per heavy atom. The molecule has 0 saturated heterocycles. The van der Waals surface area contributed by atoms with Gasteiger partial charge in [0.25, 0.3) is 0 Å². The average Bonchev–Trinajstić information content (AvgIpc) is 2.66. The molecule has 0 saturated carbocycles. The molecule has 0 spiro atoms. The third-order valence-corrected chi connectivity index (χ3v) is 4.21. The number of anilines is 1. The smallest absolute Gasteiger partial charge is 0.165 e. The van der Waals surface area contributed by atoms with E-state index in [0.717, 1.165) is 28.8 Å². The number of halogens is 1. The van der Waals surface area contributed by atoms with E-state index in [9.17, 15) is 4.79 Å². The maximum absolute atomic E-state index is 11.5. The number of benzodiazepines with no additional fused rings is 1. The van der Waals surface area contributed by atoms with E-state index in [1.807, 2.05) is 55.6 Å². The van der Waals surface area contributed by atoms with Crippen molar-refractivity contribution >= 4 is 29.3 Å². The van der Waals surface area contributed by atoms with Gasteiger partial charge >= 0.3 is 0 Å². The third kappa shape index (κ3) is 2.40. The number of hydrogen-bond donors (Lipinski definition) is 1. The van der Waals surface area contributed by atoms with Gasteiger partial charge in [-0.2, -0.15) is 0 Å². The molecular weight excluding hydrogens is 298 g/mol. The first-order chi connectivity index (χ1) is 10.5. The van der Waals surface area contributed by atoms with Gasteiger partial charge in [-0.15, -0.1) is 0 Å². The van der Waals surface area contributed by atoms with Crippen LogP contribution in [0.2, 0.25) is 5.02 Å². The van der Waals surface area contributed by atoms with Crippen LogP contribution in [0.3, 0.4) is 0 Å². The zero-order valence-corrected chi connectivity index (χ0v) is 12.9. The molecule has 0 bridgehead atoms. The highest BCUT2D eigenvalue weighted by atomic mass is 35.5. The second kappa shape index (κ2) is 5.55. The van der Waals surface area contributed by atoms with Gasteiger partial charge in [0.1, 0.15) is 0 Å². The molecule has 2 aromatic carbocycles. The lowest BCUT2D eigenvalue weighted by atomic mass is 10.00. The van der Waals surface area contributed by atoms with Gasteiger partial charge < -0.3 is 10.6 Å². The number of nitrogens with zero attached hydrogens (tertiary/aromatic N) is 2. The van der Waals surface area contributed by atoms with Crippen molar-refractivity contribution in [2.45, 2.75) is 5.66 Å². The van der Waals surface area contributed by atoms with Crippen molar-refractivity contribution in [3.63, 3.8) is 0 Å². The van der Waals surface area contributed by atoms with Crippen molar-refractivity contribution in [2.75, 3.05) is 18.5 Å². The molecule has 2 aromatic rings. The van der Waals surface area contributed by atoms with Crippen LogP contribution < -0.4 is 10.6 Å². The first kappa shape index (κ1) is 14.8. The van der Waals surface area contributed by atoms with Gasteiger partial charge in [-0.3, -0.25) is 9.79 Å². The number of rotatable bonds is 2. The zero-order valence-electron chi connectivity index (χ0n) is 12.2. The Labute approximate surface area is 134 Å². The molecule has 1 aliphatic rings. The molecule has 22 heavy (non-hydrogen) atoms. The van der Waals surface area contributed by atoms with Crippen LogP contribution in [0.1, 0.15) is 11.1 Å². The van der Waals surface area contributed by atoms with Gasteiger partial charge in [0.2, 0.25) is 0 Å². The standard InChI is InChI=1S/C17H16ClN3O/c1-21-15-5-3-2-4-14(15)16(20-10-17(21,19)11-22)12-6-8-13(18)9-7-12/h2-9,11H,10,19H2,1H3. The lowest BCUT2D eigenvalue weighted by molar-refractivity contribution is -0.111. The van der Waals surface area contributed by atoms with E-state index in [2.05, 4.69) is 4.99 Å². The van der Waals surface area contributed by atoms with Crippen molar-refractivity contribution in [1.82, 2.24) is 0 Å². The molecule has 5 heteroatoms. The molecule has 4 nitrogen and oxygen atoms in total. The number of hydrogen-bond acceptors (Lipinski definition) is 4. The number of carbonyl (C=O) groups is 1. The van der Waals surface area contributed by atoms with Gasteiger partial charge in [0, 0.05) is 28.9 Å². The van der Waals surface area contributed by atoms with Crippen molar-refractivity contribution in [3.05, 3.63) is 64.7 Å². The molecule has 1 atom stereocenters. The van der Waals surface area contributed by atoms with E-state index >= 15 is 0 Å². The molecule has 1 aliphatic heterocycles. The molecule has 1 heterocycles. The van der Waals surface area contributed by atoms with Gasteiger partial charge in [-0.1, -0.05) is 41.9 Å². The SMILES string of the molecule is CN1c2ccccc2C(c2ccc(Cl)cc2)=NCC1(N)C=O. The van der Waals surface area contributed by atoms with Gasteiger partial charge in [-0.25, -0.2) is 0 Å². The molecule has 0 amide bonds. The molecule has 112 valence electrons. The predicted octanol–water partition coefficient (Wildman–Crippen LogP) is 2.48. The van der Waals surface area contributed by atoms with Crippen molar-refractivity contribution in [3.8, 4) is 0 Å². The first-order valence-electron chi connectivity index (χ1n) is 6.94. The number of carbonyl (C=O) groups excluding carboxylic acids is 1. The molecule has 0 radical (unpaired) electrons. The number of para-hydroxylation sites is 1. The number of aldehydes is 1. The predicted molar refractivity (Wildman–Crippen MR) is 89.8 cm³/mol. The Balaban J connectivity index is 2.20. The van der Waals surface area contributed by atoms with E-state index in [1.54, 1.807) is 4.90 Å². The average molecular weight is 314 g/mol. The van der Waals surface area contributed by atoms with E-state index < -0.39 is 5.66 Å². The van der Waals surface area contributed by atoms with E-state index in [4.69, 9.17) is 17.3 Å². The molecular formula is C17H16ClN3O. The summed E-state index contributed by atoms with van der Waals surface area (Å²) in [6.07, 6.45) is 0.748. The largest absolute Gasteiger partial charge is 0.348 e. The summed E-state index contributed by atoms with van der Waals surface area (Å²) in [5.41, 5.74) is 8.64. The van der Waals surface area contributed by atoms with Gasteiger partial charge in [0.15, 0.2) is 11.9 Å². The van der Waals surface area contributed by atoms with Crippen LogP contribution in [0.25, 0.3) is 0 Å². The summed E-state index contributed by atoms with van der Waals surface area (Å²) in [5, 5.41) is 0.671. The van der Waals surface area contributed by atoms with Gasteiger partial charge in [-0.05, 0) is 18.2 Å². The number of benzene rings is 2. The summed E-state index contributed by atoms with van der Waals surface area (Å²) in [6.45, 7) is 0.194. The molecule has 2 N–H and O–H groups in total. The topological polar surface area (TPSA) is 58.7 Å². The van der Waals surface area contributed by atoms with Crippen molar-refractivity contribution in [2.24, 2.45) is 10.7 Å².